The van der Waals surface area contributed by atoms with Gasteiger partial charge in [-0.25, -0.2) is 4.98 Å². The van der Waals surface area contributed by atoms with Gasteiger partial charge in [0.25, 0.3) is 0 Å². The number of hydrogen-bond donors (Lipinski definition) is 1. The van der Waals surface area contributed by atoms with E-state index in [0.717, 1.165) is 17.1 Å². The third-order valence-electron chi connectivity index (χ3n) is 2.31. The van der Waals surface area contributed by atoms with Gasteiger partial charge in [-0.15, -0.1) is 16.9 Å². The summed E-state index contributed by atoms with van der Waals surface area (Å²) in [5.74, 6) is 2.33. The van der Waals surface area contributed by atoms with Crippen molar-refractivity contribution in [1.82, 2.24) is 15.2 Å². The van der Waals surface area contributed by atoms with Crippen molar-refractivity contribution in [1.29, 1.82) is 0 Å². The number of thioether (sulfide) groups is 2. The van der Waals surface area contributed by atoms with Crippen LogP contribution in [0.15, 0.2) is 34.3 Å². The fraction of sp³-hybridized carbons (Fsp3) is 0.308. The molecule has 0 spiro atoms. The standard InChI is InChI=1S/C13H15N3OS2/c1-3-18-11-6-4-10(5-7-11)12-14-13(16-15-12)19-8-9(2)17/h4-7H,3,8H2,1-2H3,(H,14,15,16). The summed E-state index contributed by atoms with van der Waals surface area (Å²) in [6.45, 7) is 3.69. The summed E-state index contributed by atoms with van der Waals surface area (Å²) in [5, 5.41) is 7.60. The quantitative estimate of drug-likeness (QED) is 0.828. The number of H-pyrrole nitrogens is 1. The Hall–Kier alpha value is -1.27. The number of nitrogens with one attached hydrogen (secondary N) is 1. The molecule has 0 fully saturated rings. The smallest absolute Gasteiger partial charge is 0.209 e. The summed E-state index contributed by atoms with van der Waals surface area (Å²) in [7, 11) is 0. The lowest BCUT2D eigenvalue weighted by Crippen LogP contribution is -1.93. The molecule has 4 nitrogen and oxygen atoms in total. The Bertz CT molecular complexity index is 551. The molecule has 0 unspecified atom stereocenters. The number of carbonyl (C=O) groups is 1. The van der Waals surface area contributed by atoms with Crippen molar-refractivity contribution in [3.05, 3.63) is 24.3 Å². The number of Topliss-reactive ketones (excluding diaryl/α,β-unsaturated/α-hetero) is 1. The average Bonchev–Trinajstić information content (AvgIpc) is 2.86. The fourth-order valence-corrected chi connectivity index (χ4v) is 2.74. The Labute approximate surface area is 120 Å². The van der Waals surface area contributed by atoms with Gasteiger partial charge >= 0.3 is 0 Å². The number of aromatic amines is 1. The maximum Gasteiger partial charge on any atom is 0.209 e. The number of ketones is 1. The van der Waals surface area contributed by atoms with Gasteiger partial charge < -0.3 is 0 Å². The molecule has 1 heterocycles. The van der Waals surface area contributed by atoms with Gasteiger partial charge in [-0.2, -0.15) is 0 Å². The largest absolute Gasteiger partial charge is 0.299 e. The van der Waals surface area contributed by atoms with Crippen LogP contribution in [0.4, 0.5) is 0 Å². The van der Waals surface area contributed by atoms with E-state index in [0.29, 0.717) is 10.9 Å². The topological polar surface area (TPSA) is 58.6 Å². The number of hydrogen-bond acceptors (Lipinski definition) is 5. The van der Waals surface area contributed by atoms with Gasteiger partial charge in [-0.3, -0.25) is 9.89 Å². The van der Waals surface area contributed by atoms with E-state index in [-0.39, 0.29) is 5.78 Å². The maximum atomic E-state index is 10.9. The minimum Gasteiger partial charge on any atom is -0.299 e. The van der Waals surface area contributed by atoms with Crippen LogP contribution in [0.1, 0.15) is 13.8 Å². The van der Waals surface area contributed by atoms with E-state index in [1.54, 1.807) is 6.92 Å². The minimum atomic E-state index is 0.122. The summed E-state index contributed by atoms with van der Waals surface area (Å²) in [6, 6.07) is 8.21. The molecule has 1 aromatic carbocycles. The third kappa shape index (κ3) is 4.11. The van der Waals surface area contributed by atoms with Crippen LogP contribution in [0.5, 0.6) is 0 Å². The number of carbonyl (C=O) groups excluding carboxylic acids is 1. The molecule has 19 heavy (non-hydrogen) atoms. The predicted octanol–water partition coefficient (Wildman–Crippen LogP) is 3.26. The second-order valence-corrected chi connectivity index (χ2v) is 6.19. The van der Waals surface area contributed by atoms with Crippen LogP contribution in [0, 0.1) is 0 Å². The van der Waals surface area contributed by atoms with E-state index in [1.807, 2.05) is 23.9 Å². The van der Waals surface area contributed by atoms with Gasteiger partial charge in [0.05, 0.1) is 5.75 Å². The Morgan fingerprint density at radius 2 is 2.00 bits per heavy atom. The first kappa shape index (κ1) is 14.1. The van der Waals surface area contributed by atoms with E-state index in [9.17, 15) is 4.79 Å². The highest BCUT2D eigenvalue weighted by Crippen LogP contribution is 2.23. The Morgan fingerprint density at radius 1 is 1.26 bits per heavy atom. The highest BCUT2D eigenvalue weighted by molar-refractivity contribution is 7.99. The molecule has 100 valence electrons. The molecule has 0 radical (unpaired) electrons. The monoisotopic (exact) mass is 293 g/mol. The van der Waals surface area contributed by atoms with Crippen molar-refractivity contribution in [2.45, 2.75) is 23.9 Å². The van der Waals surface area contributed by atoms with Crippen LogP contribution in [-0.2, 0) is 4.79 Å². The normalized spacial score (nSPS) is 10.6. The zero-order valence-corrected chi connectivity index (χ0v) is 12.5. The van der Waals surface area contributed by atoms with E-state index < -0.39 is 0 Å². The molecule has 0 saturated heterocycles. The van der Waals surface area contributed by atoms with Crippen molar-refractivity contribution >= 4 is 29.3 Å². The van der Waals surface area contributed by atoms with Crippen molar-refractivity contribution < 1.29 is 4.79 Å². The van der Waals surface area contributed by atoms with Crippen LogP contribution in [0.2, 0.25) is 0 Å². The molecule has 0 saturated carbocycles. The van der Waals surface area contributed by atoms with E-state index >= 15 is 0 Å². The van der Waals surface area contributed by atoms with Gasteiger partial charge in [0.1, 0.15) is 5.78 Å². The lowest BCUT2D eigenvalue weighted by Gasteiger charge is -1.99. The molecule has 2 rings (SSSR count). The summed E-state index contributed by atoms with van der Waals surface area (Å²) >= 11 is 3.16. The molecule has 1 aromatic heterocycles. The number of rotatable bonds is 6. The van der Waals surface area contributed by atoms with Crippen molar-refractivity contribution in [2.75, 3.05) is 11.5 Å². The molecule has 0 aliphatic heterocycles. The fourth-order valence-electron chi connectivity index (χ4n) is 1.48. The first-order chi connectivity index (χ1) is 9.19. The number of nitrogens with zero attached hydrogens (tertiary/aromatic N) is 2. The van der Waals surface area contributed by atoms with E-state index in [2.05, 4.69) is 34.2 Å². The second-order valence-electron chi connectivity index (χ2n) is 3.91. The summed E-state index contributed by atoms with van der Waals surface area (Å²) in [5.41, 5.74) is 1.00. The van der Waals surface area contributed by atoms with Crippen molar-refractivity contribution in [2.24, 2.45) is 0 Å². The molecular formula is C13H15N3OS2. The van der Waals surface area contributed by atoms with Gasteiger partial charge in [0, 0.05) is 10.5 Å². The molecule has 0 amide bonds. The maximum absolute atomic E-state index is 10.9. The lowest BCUT2D eigenvalue weighted by atomic mass is 10.2. The predicted molar refractivity (Wildman–Crippen MR) is 79.6 cm³/mol. The SMILES string of the molecule is CCSc1ccc(-c2nc(SCC(C)=O)n[nH]2)cc1. The lowest BCUT2D eigenvalue weighted by molar-refractivity contribution is -0.114. The van der Waals surface area contributed by atoms with Crippen LogP contribution >= 0.6 is 23.5 Å². The summed E-state index contributed by atoms with van der Waals surface area (Å²) < 4.78 is 0. The molecular weight excluding hydrogens is 278 g/mol. The van der Waals surface area contributed by atoms with Gasteiger partial charge in [0.2, 0.25) is 5.16 Å². The average molecular weight is 293 g/mol. The highest BCUT2D eigenvalue weighted by Gasteiger charge is 2.07. The zero-order valence-electron chi connectivity index (χ0n) is 10.8. The first-order valence-electron chi connectivity index (χ1n) is 5.97. The highest BCUT2D eigenvalue weighted by atomic mass is 32.2. The molecule has 0 atom stereocenters. The molecule has 2 aromatic rings. The van der Waals surface area contributed by atoms with Crippen LogP contribution < -0.4 is 0 Å². The van der Waals surface area contributed by atoms with Crippen LogP contribution in [0.3, 0.4) is 0 Å². The zero-order chi connectivity index (χ0) is 13.7. The third-order valence-corrected chi connectivity index (χ3v) is 4.19. The Balaban J connectivity index is 2.07. The van der Waals surface area contributed by atoms with Crippen LogP contribution in [0.25, 0.3) is 11.4 Å². The van der Waals surface area contributed by atoms with E-state index in [4.69, 9.17) is 0 Å². The minimum absolute atomic E-state index is 0.122. The summed E-state index contributed by atoms with van der Waals surface area (Å²) in [4.78, 5) is 16.5. The Morgan fingerprint density at radius 3 is 2.63 bits per heavy atom. The first-order valence-corrected chi connectivity index (χ1v) is 7.94. The second kappa shape index (κ2) is 6.77. The van der Waals surface area contributed by atoms with Crippen LogP contribution in [-0.4, -0.2) is 32.5 Å². The Kier molecular flexibility index (Phi) is 5.04. The molecule has 0 aliphatic rings. The number of benzene rings is 1. The molecule has 0 aliphatic carbocycles. The summed E-state index contributed by atoms with van der Waals surface area (Å²) in [6.07, 6.45) is 0. The van der Waals surface area contributed by atoms with Crippen molar-refractivity contribution in [3.8, 4) is 11.4 Å². The van der Waals surface area contributed by atoms with Gasteiger partial charge in [0.15, 0.2) is 5.82 Å². The molecule has 6 heteroatoms. The number of aromatic nitrogens is 3. The molecule has 0 bridgehead atoms. The molecule has 1 N–H and O–H groups in total. The van der Waals surface area contributed by atoms with Gasteiger partial charge in [-0.05, 0) is 24.8 Å². The van der Waals surface area contributed by atoms with Gasteiger partial charge in [-0.1, -0.05) is 30.8 Å². The van der Waals surface area contributed by atoms with Crippen molar-refractivity contribution in [3.63, 3.8) is 0 Å². The van der Waals surface area contributed by atoms with E-state index in [1.165, 1.54) is 16.7 Å².